The van der Waals surface area contributed by atoms with Crippen LogP contribution in [0.3, 0.4) is 0 Å². The van der Waals surface area contributed by atoms with Crippen LogP contribution in [0.15, 0.2) is 18.3 Å². The lowest BCUT2D eigenvalue weighted by Crippen LogP contribution is -2.47. The van der Waals surface area contributed by atoms with Gasteiger partial charge in [-0.2, -0.15) is 0 Å². The molecule has 6 heteroatoms. The molecule has 0 bridgehead atoms. The summed E-state index contributed by atoms with van der Waals surface area (Å²) >= 11 is 0. The van der Waals surface area contributed by atoms with Crippen LogP contribution >= 0.6 is 0 Å². The Kier molecular flexibility index (Phi) is 5.01. The van der Waals surface area contributed by atoms with Crippen molar-refractivity contribution in [1.29, 1.82) is 0 Å². The normalized spacial score (nSPS) is 19.0. The molecule has 1 aliphatic heterocycles. The molecule has 2 amide bonds. The fourth-order valence-electron chi connectivity index (χ4n) is 2.55. The van der Waals surface area contributed by atoms with Crippen LogP contribution in [0, 0.1) is 0 Å². The summed E-state index contributed by atoms with van der Waals surface area (Å²) in [6, 6.07) is 3.87. The van der Waals surface area contributed by atoms with Gasteiger partial charge in [0.1, 0.15) is 0 Å². The number of nitrogens with zero attached hydrogens (tertiary/aromatic N) is 3. The van der Waals surface area contributed by atoms with E-state index in [9.17, 15) is 9.90 Å². The Morgan fingerprint density at radius 1 is 1.57 bits per heavy atom. The minimum atomic E-state index is -0.0807. The Morgan fingerprint density at radius 3 is 3.00 bits per heavy atom. The van der Waals surface area contributed by atoms with E-state index >= 15 is 0 Å². The number of rotatable bonds is 2. The first-order valence-corrected chi connectivity index (χ1v) is 7.36. The number of likely N-dealkylation sites (N-methyl/N-ethyl adjacent to an activating group) is 1. The minimum absolute atomic E-state index is 0.0115. The summed E-state index contributed by atoms with van der Waals surface area (Å²) in [5.41, 5.74) is 1.83. The number of pyridine rings is 1. The van der Waals surface area contributed by atoms with E-state index < -0.39 is 0 Å². The van der Waals surface area contributed by atoms with E-state index in [2.05, 4.69) is 15.2 Å². The summed E-state index contributed by atoms with van der Waals surface area (Å²) in [4.78, 5) is 20.5. The predicted molar refractivity (Wildman–Crippen MR) is 82.2 cm³/mol. The standard InChI is InChI=1S/C15H24N4O2/c1-11(2)17-15(21)19-8-6-12(10-20)18(3)14-5-4-7-16-13(14)9-19/h4-5,7,11-12,20H,6,8-10H2,1-3H3,(H,17,21). The molecule has 6 nitrogen and oxygen atoms in total. The number of fused-ring (bicyclic) bond motifs is 1. The van der Waals surface area contributed by atoms with E-state index in [-0.39, 0.29) is 24.7 Å². The van der Waals surface area contributed by atoms with E-state index in [1.54, 1.807) is 11.1 Å². The second-order valence-electron chi connectivity index (χ2n) is 5.73. The Labute approximate surface area is 125 Å². The lowest BCUT2D eigenvalue weighted by Gasteiger charge is -2.35. The van der Waals surface area contributed by atoms with Crippen molar-refractivity contribution in [3.63, 3.8) is 0 Å². The molecule has 21 heavy (non-hydrogen) atoms. The smallest absolute Gasteiger partial charge is 0.317 e. The number of carbonyl (C=O) groups excluding carboxylic acids is 1. The highest BCUT2D eigenvalue weighted by atomic mass is 16.3. The first-order valence-electron chi connectivity index (χ1n) is 7.36. The summed E-state index contributed by atoms with van der Waals surface area (Å²) in [6.45, 7) is 5.03. The maximum atomic E-state index is 12.3. The predicted octanol–water partition coefficient (Wildman–Crippen LogP) is 1.20. The Hall–Kier alpha value is -1.82. The van der Waals surface area contributed by atoms with Gasteiger partial charge in [-0.25, -0.2) is 4.79 Å². The first kappa shape index (κ1) is 15.6. The molecule has 1 unspecified atom stereocenters. The number of carbonyl (C=O) groups is 1. The van der Waals surface area contributed by atoms with Gasteiger partial charge in [0.15, 0.2) is 0 Å². The zero-order valence-corrected chi connectivity index (χ0v) is 12.9. The van der Waals surface area contributed by atoms with Crippen molar-refractivity contribution in [1.82, 2.24) is 15.2 Å². The lowest BCUT2D eigenvalue weighted by atomic mass is 10.1. The van der Waals surface area contributed by atoms with Gasteiger partial charge in [0, 0.05) is 25.8 Å². The maximum absolute atomic E-state index is 12.3. The molecule has 0 aromatic carbocycles. The monoisotopic (exact) mass is 292 g/mol. The van der Waals surface area contributed by atoms with Crippen molar-refractivity contribution in [2.45, 2.75) is 38.9 Å². The van der Waals surface area contributed by atoms with Crippen molar-refractivity contribution in [3.05, 3.63) is 24.0 Å². The van der Waals surface area contributed by atoms with Crippen molar-refractivity contribution in [3.8, 4) is 0 Å². The lowest BCUT2D eigenvalue weighted by molar-refractivity contribution is 0.181. The molecule has 2 rings (SSSR count). The maximum Gasteiger partial charge on any atom is 0.317 e. The van der Waals surface area contributed by atoms with Gasteiger partial charge in [0.2, 0.25) is 0 Å². The number of aliphatic hydroxyl groups is 1. The summed E-state index contributed by atoms with van der Waals surface area (Å²) < 4.78 is 0. The Bertz CT molecular complexity index is 492. The van der Waals surface area contributed by atoms with Crippen LogP contribution in [0.1, 0.15) is 26.0 Å². The number of nitrogens with one attached hydrogen (secondary N) is 1. The molecule has 0 saturated heterocycles. The van der Waals surface area contributed by atoms with Crippen molar-refractivity contribution < 1.29 is 9.90 Å². The van der Waals surface area contributed by atoms with E-state index in [0.717, 1.165) is 17.8 Å². The largest absolute Gasteiger partial charge is 0.394 e. The molecule has 1 aromatic heterocycles. The average molecular weight is 292 g/mol. The SMILES string of the molecule is CC(C)NC(=O)N1CCC(CO)N(C)c2cccnc2C1. The van der Waals surface area contributed by atoms with E-state index in [1.807, 2.05) is 33.0 Å². The zero-order valence-electron chi connectivity index (χ0n) is 12.9. The molecule has 1 aromatic rings. The second kappa shape index (κ2) is 6.76. The number of aliphatic hydroxyl groups excluding tert-OH is 1. The highest BCUT2D eigenvalue weighted by Gasteiger charge is 2.25. The average Bonchev–Trinajstić information content (AvgIpc) is 2.44. The van der Waals surface area contributed by atoms with Gasteiger partial charge in [-0.1, -0.05) is 0 Å². The van der Waals surface area contributed by atoms with Gasteiger partial charge >= 0.3 is 6.03 Å². The van der Waals surface area contributed by atoms with E-state index in [0.29, 0.717) is 13.1 Å². The number of hydrogen-bond acceptors (Lipinski definition) is 4. The van der Waals surface area contributed by atoms with Crippen LogP contribution in [0.2, 0.25) is 0 Å². The fourth-order valence-corrected chi connectivity index (χ4v) is 2.55. The zero-order chi connectivity index (χ0) is 15.4. The number of urea groups is 1. The molecule has 116 valence electrons. The van der Waals surface area contributed by atoms with Crippen LogP contribution in [0.4, 0.5) is 10.5 Å². The van der Waals surface area contributed by atoms with Gasteiger partial charge < -0.3 is 20.2 Å². The number of anilines is 1. The quantitative estimate of drug-likeness (QED) is 0.859. The molecular formula is C15H24N4O2. The van der Waals surface area contributed by atoms with Crippen LogP contribution in [-0.4, -0.2) is 53.3 Å². The van der Waals surface area contributed by atoms with Crippen LogP contribution in [0.5, 0.6) is 0 Å². The molecule has 1 atom stereocenters. The molecule has 2 N–H and O–H groups in total. The van der Waals surface area contributed by atoms with Crippen molar-refractivity contribution in [2.24, 2.45) is 0 Å². The number of amides is 2. The summed E-state index contributed by atoms with van der Waals surface area (Å²) in [5.74, 6) is 0. The third-order valence-corrected chi connectivity index (χ3v) is 3.78. The third kappa shape index (κ3) is 3.64. The highest BCUT2D eigenvalue weighted by Crippen LogP contribution is 2.24. The molecule has 0 aliphatic carbocycles. The second-order valence-corrected chi connectivity index (χ2v) is 5.73. The fraction of sp³-hybridized carbons (Fsp3) is 0.600. The Morgan fingerprint density at radius 2 is 2.33 bits per heavy atom. The van der Waals surface area contributed by atoms with Crippen LogP contribution in [-0.2, 0) is 6.54 Å². The highest BCUT2D eigenvalue weighted by molar-refractivity contribution is 5.74. The molecule has 0 fully saturated rings. The van der Waals surface area contributed by atoms with Crippen molar-refractivity contribution >= 4 is 11.7 Å². The van der Waals surface area contributed by atoms with Crippen LogP contribution < -0.4 is 10.2 Å². The molecule has 1 aliphatic rings. The molecule has 2 heterocycles. The van der Waals surface area contributed by atoms with Gasteiger partial charge in [-0.15, -0.1) is 0 Å². The van der Waals surface area contributed by atoms with Crippen LogP contribution in [0.25, 0.3) is 0 Å². The van der Waals surface area contributed by atoms with E-state index in [1.165, 1.54) is 0 Å². The number of aromatic nitrogens is 1. The Balaban J connectivity index is 2.27. The summed E-state index contributed by atoms with van der Waals surface area (Å²) in [5, 5.41) is 12.5. The molecular weight excluding hydrogens is 268 g/mol. The van der Waals surface area contributed by atoms with Gasteiger partial charge in [0.05, 0.1) is 30.6 Å². The third-order valence-electron chi connectivity index (χ3n) is 3.78. The summed E-state index contributed by atoms with van der Waals surface area (Å²) in [6.07, 6.45) is 2.47. The first-order chi connectivity index (χ1) is 10.0. The number of hydrogen-bond donors (Lipinski definition) is 2. The van der Waals surface area contributed by atoms with Gasteiger partial charge in [-0.3, -0.25) is 4.98 Å². The van der Waals surface area contributed by atoms with Gasteiger partial charge in [-0.05, 0) is 32.4 Å². The molecule has 0 saturated carbocycles. The van der Waals surface area contributed by atoms with E-state index in [4.69, 9.17) is 0 Å². The van der Waals surface area contributed by atoms with Gasteiger partial charge in [0.25, 0.3) is 0 Å². The van der Waals surface area contributed by atoms with Crippen molar-refractivity contribution in [2.75, 3.05) is 25.1 Å². The topological polar surface area (TPSA) is 68.7 Å². The summed E-state index contributed by atoms with van der Waals surface area (Å²) in [7, 11) is 1.96. The molecule has 0 radical (unpaired) electrons. The minimum Gasteiger partial charge on any atom is -0.394 e. The molecule has 0 spiro atoms.